The lowest BCUT2D eigenvalue weighted by Crippen LogP contribution is -2.32. The normalized spacial score (nSPS) is 13.3. The third-order valence-electron chi connectivity index (χ3n) is 6.37. The second-order valence-corrected chi connectivity index (χ2v) is 22.8. The van der Waals surface area contributed by atoms with Crippen LogP contribution < -0.4 is 32.9 Å². The first-order valence-corrected chi connectivity index (χ1v) is 25.9. The van der Waals surface area contributed by atoms with Crippen LogP contribution in [0, 0.1) is 0 Å². The van der Waals surface area contributed by atoms with Gasteiger partial charge in [0.25, 0.3) is 0 Å². The quantitative estimate of drug-likeness (QED) is 0.0804. The minimum absolute atomic E-state index is 0.202. The largest absolute Gasteiger partial charge is 0.399 e. The van der Waals surface area contributed by atoms with E-state index in [1.54, 1.807) is 135 Å². The summed E-state index contributed by atoms with van der Waals surface area (Å²) < 4.78 is 104. The van der Waals surface area contributed by atoms with Crippen LogP contribution in [0.15, 0.2) is 24.3 Å². The van der Waals surface area contributed by atoms with E-state index in [2.05, 4.69) is 40.5 Å². The molecule has 0 atom stereocenters. The molecule has 3 aromatic rings. The monoisotopic (exact) mass is 922 g/mol. The van der Waals surface area contributed by atoms with Gasteiger partial charge >= 0.3 is 30.4 Å². The van der Waals surface area contributed by atoms with E-state index in [0.29, 0.717) is 11.4 Å². The number of nitrogens with one attached hydrogen (secondary N) is 2. The number of nitrogens with zero attached hydrogens (tertiary/aromatic N) is 6. The zero-order valence-electron chi connectivity index (χ0n) is 37.3. The van der Waals surface area contributed by atoms with Gasteiger partial charge < -0.3 is 46.8 Å². The third-order valence-corrected chi connectivity index (χ3v) is 14.7. The summed E-state index contributed by atoms with van der Waals surface area (Å²) in [7, 11) is -17.1. The van der Waals surface area contributed by atoms with E-state index in [0.717, 1.165) is 0 Å². The Bertz CT molecular complexity index is 1780. The van der Waals surface area contributed by atoms with Crippen molar-refractivity contribution in [1.29, 1.82) is 0 Å². The van der Waals surface area contributed by atoms with Crippen LogP contribution in [0.4, 0.5) is 23.3 Å². The van der Waals surface area contributed by atoms with Gasteiger partial charge in [-0.15, -0.1) is 0 Å². The van der Waals surface area contributed by atoms with Crippen molar-refractivity contribution in [1.82, 2.24) is 29.9 Å². The van der Waals surface area contributed by atoms with E-state index in [1.165, 1.54) is 0 Å². The summed E-state index contributed by atoms with van der Waals surface area (Å²) in [5, 5.41) is 6.07. The molecule has 60 heavy (non-hydrogen) atoms. The zero-order chi connectivity index (χ0) is 45.4. The van der Waals surface area contributed by atoms with Crippen molar-refractivity contribution in [3.05, 3.63) is 24.3 Å². The van der Waals surface area contributed by atoms with Crippen molar-refractivity contribution in [2.24, 2.45) is 0 Å². The Labute approximate surface area is 353 Å². The molecule has 1 aromatic carbocycles. The first-order chi connectivity index (χ1) is 27.7. The van der Waals surface area contributed by atoms with Crippen LogP contribution in [0.25, 0.3) is 0 Å². The molecule has 0 aliphatic carbocycles. The maximum absolute atomic E-state index is 14.4. The average molecular weight is 923 g/mol. The lowest BCUT2D eigenvalue weighted by molar-refractivity contribution is 0.146. The smallest absolute Gasteiger partial charge is 0.324 e. The SMILES string of the molecule is CC(C)OP(=O)(OC(C)C)c1nc(Nc2cccc(Nc3nc(P(=O)(OC(C)C)OC(C)C)nc(P(=O)(OC(C)C)OC(C)C)n3)c2)nc(P(=O)(OC(C)C)OC(C)C)n1. The molecule has 0 bridgehead atoms. The highest BCUT2D eigenvalue weighted by molar-refractivity contribution is 7.63. The van der Waals surface area contributed by atoms with Gasteiger partial charge in [0, 0.05) is 11.4 Å². The molecule has 0 amide bonds. The van der Waals surface area contributed by atoms with Crippen LogP contribution in [-0.4, -0.2) is 78.7 Å². The first-order valence-electron chi connectivity index (χ1n) is 19.7. The van der Waals surface area contributed by atoms with Crippen LogP contribution in [0.2, 0.25) is 0 Å². The predicted octanol–water partition coefficient (Wildman–Crippen LogP) is 8.22. The molecule has 0 saturated carbocycles. The molecule has 2 N–H and O–H groups in total. The summed E-state index contributed by atoms with van der Waals surface area (Å²) in [6, 6.07) is 6.57. The van der Waals surface area contributed by atoms with E-state index in [1.807, 2.05) is 0 Å². The Kier molecular flexibility index (Phi) is 18.7. The van der Waals surface area contributed by atoms with Gasteiger partial charge in [-0.05, 0) is 129 Å². The molecule has 2 aromatic heterocycles. The van der Waals surface area contributed by atoms with Crippen molar-refractivity contribution >= 4 is 75.9 Å². The molecule has 20 nitrogen and oxygen atoms in total. The number of benzene rings is 1. The van der Waals surface area contributed by atoms with E-state index < -0.39 is 101 Å². The molecule has 2 heterocycles. The molecular formula is C36H62N8O12P4. The fourth-order valence-electron chi connectivity index (χ4n) is 4.94. The molecule has 0 saturated heterocycles. The number of hydrogen-bond acceptors (Lipinski definition) is 20. The molecule has 3 rings (SSSR count). The fraction of sp³-hybridized carbons (Fsp3) is 0.667. The standard InChI is InChI=1S/C36H62N8O12P4/c1-21(2)49-57(45,50-22(3)4)33-39-31(40-34(43-33)58(46,51-23(5)6)52-24(7)8)37-29-18-17-19-30(20-29)38-32-41-35(59(47,53-25(9)10)54-26(11)12)44-36(42-32)60(48,55-27(13)14)56-28(15)16/h17-28H,1-16H3,(H,37,39,40,43)(H,38,41,42,44). The molecular weight excluding hydrogens is 860 g/mol. The lowest BCUT2D eigenvalue weighted by atomic mass is 10.3. The van der Waals surface area contributed by atoms with E-state index in [-0.39, 0.29) is 11.9 Å². The summed E-state index contributed by atoms with van der Waals surface area (Å²) in [6.07, 6.45) is -4.65. The summed E-state index contributed by atoms with van der Waals surface area (Å²) in [4.78, 5) is 26.3. The number of aromatic nitrogens is 6. The van der Waals surface area contributed by atoms with Crippen molar-refractivity contribution in [2.45, 2.75) is 160 Å². The average Bonchev–Trinajstić information content (AvgIpc) is 3.05. The molecule has 338 valence electrons. The molecule has 0 spiro atoms. The Morgan fingerprint density at radius 2 is 0.567 bits per heavy atom. The van der Waals surface area contributed by atoms with Crippen molar-refractivity contribution in [2.75, 3.05) is 10.6 Å². The molecule has 0 radical (unpaired) electrons. The van der Waals surface area contributed by atoms with E-state index in [9.17, 15) is 18.3 Å². The maximum atomic E-state index is 14.4. The Morgan fingerprint density at radius 3 is 0.750 bits per heavy atom. The van der Waals surface area contributed by atoms with Crippen LogP contribution in [0.1, 0.15) is 111 Å². The Balaban J connectivity index is 2.25. The van der Waals surface area contributed by atoms with Gasteiger partial charge in [0.05, 0.1) is 48.8 Å². The second kappa shape index (κ2) is 21.7. The summed E-state index contributed by atoms with van der Waals surface area (Å²) >= 11 is 0. The van der Waals surface area contributed by atoms with Gasteiger partial charge in [-0.2, -0.15) is 29.9 Å². The van der Waals surface area contributed by atoms with Crippen molar-refractivity contribution in [3.63, 3.8) is 0 Å². The molecule has 0 fully saturated rings. The third kappa shape index (κ3) is 15.4. The van der Waals surface area contributed by atoms with Crippen molar-refractivity contribution in [3.8, 4) is 0 Å². The molecule has 0 unspecified atom stereocenters. The highest BCUT2D eigenvalue weighted by atomic mass is 31.2. The minimum atomic E-state index is -4.27. The summed E-state index contributed by atoms with van der Waals surface area (Å²) in [5.74, 6) is -0.404. The van der Waals surface area contributed by atoms with E-state index >= 15 is 0 Å². The summed E-state index contributed by atoms with van der Waals surface area (Å²) in [5.41, 5.74) is -1.01. The highest BCUT2D eigenvalue weighted by Crippen LogP contribution is 2.53. The summed E-state index contributed by atoms with van der Waals surface area (Å²) in [6.45, 7) is 26.7. The van der Waals surface area contributed by atoms with Gasteiger partial charge in [0.2, 0.25) is 34.2 Å². The van der Waals surface area contributed by atoms with Crippen LogP contribution in [0.3, 0.4) is 0 Å². The second-order valence-electron chi connectivity index (χ2n) is 15.6. The minimum Gasteiger partial charge on any atom is -0.324 e. The topological polar surface area (TPSA) is 244 Å². The maximum Gasteiger partial charge on any atom is 0.399 e. The van der Waals surface area contributed by atoms with E-state index in [4.69, 9.17) is 36.2 Å². The first kappa shape index (κ1) is 51.8. The zero-order valence-corrected chi connectivity index (χ0v) is 40.9. The molecule has 0 aliphatic rings. The Morgan fingerprint density at radius 1 is 0.367 bits per heavy atom. The number of rotatable bonds is 24. The van der Waals surface area contributed by atoms with Crippen LogP contribution in [0.5, 0.6) is 0 Å². The van der Waals surface area contributed by atoms with Gasteiger partial charge in [0.1, 0.15) is 0 Å². The van der Waals surface area contributed by atoms with Gasteiger partial charge in [-0.25, -0.2) is 0 Å². The Hall–Kier alpha value is -2.56. The van der Waals surface area contributed by atoms with Gasteiger partial charge in [-0.3, -0.25) is 18.3 Å². The highest BCUT2D eigenvalue weighted by Gasteiger charge is 2.42. The fourth-order valence-corrected chi connectivity index (χ4v) is 12.2. The van der Waals surface area contributed by atoms with Crippen LogP contribution >= 0.6 is 30.4 Å². The number of hydrogen-bond donors (Lipinski definition) is 2. The predicted molar refractivity (Wildman–Crippen MR) is 231 cm³/mol. The van der Waals surface area contributed by atoms with Crippen molar-refractivity contribution < 1.29 is 54.5 Å². The lowest BCUT2D eigenvalue weighted by Gasteiger charge is -2.24. The van der Waals surface area contributed by atoms with Crippen LogP contribution in [-0.2, 0) is 54.5 Å². The number of anilines is 4. The van der Waals surface area contributed by atoms with Gasteiger partial charge in [0.15, 0.2) is 0 Å². The molecule has 24 heteroatoms. The molecule has 0 aliphatic heterocycles. The van der Waals surface area contributed by atoms with Gasteiger partial charge in [-0.1, -0.05) is 6.07 Å².